The Bertz CT molecular complexity index is 432. The first-order chi connectivity index (χ1) is 11.5. The summed E-state index contributed by atoms with van der Waals surface area (Å²) in [5.74, 6) is 0.0574. The van der Waals surface area contributed by atoms with Crippen LogP contribution in [0, 0.1) is 0 Å². The fourth-order valence-electron chi connectivity index (χ4n) is 2.94. The van der Waals surface area contributed by atoms with Crippen molar-refractivity contribution in [1.82, 2.24) is 4.98 Å². The number of nitrogens with one attached hydrogen (secondary N) is 1. The molecule has 1 aromatic rings. The van der Waals surface area contributed by atoms with Crippen molar-refractivity contribution in [3.63, 3.8) is 0 Å². The van der Waals surface area contributed by atoms with Crippen LogP contribution in [0.4, 0.5) is 5.13 Å². The van der Waals surface area contributed by atoms with Crippen molar-refractivity contribution in [3.05, 3.63) is 11.6 Å². The van der Waals surface area contributed by atoms with Crippen LogP contribution in [-0.2, 0) is 4.79 Å². The third kappa shape index (κ3) is 10.8. The van der Waals surface area contributed by atoms with Crippen LogP contribution in [0.15, 0.2) is 11.6 Å². The number of hydrogen-bond acceptors (Lipinski definition) is 3. The molecular weight excluding hydrogens is 318 g/mol. The number of quaternary nitrogens is 1. The summed E-state index contributed by atoms with van der Waals surface area (Å²) in [5.41, 5.74) is 0. The van der Waals surface area contributed by atoms with Gasteiger partial charge >= 0.3 is 0 Å². The Morgan fingerprint density at radius 2 is 1.62 bits per heavy atom. The highest BCUT2D eigenvalue weighted by Crippen LogP contribution is 2.13. The lowest BCUT2D eigenvalue weighted by atomic mass is 10.1. The number of thiazole rings is 1. The number of rotatable bonds is 14. The van der Waals surface area contributed by atoms with Crippen molar-refractivity contribution in [2.75, 3.05) is 32.5 Å². The van der Waals surface area contributed by atoms with Crippen LogP contribution in [0.3, 0.4) is 0 Å². The van der Waals surface area contributed by atoms with Crippen molar-refractivity contribution in [2.24, 2.45) is 0 Å². The van der Waals surface area contributed by atoms with Gasteiger partial charge in [0, 0.05) is 11.6 Å². The van der Waals surface area contributed by atoms with Crippen LogP contribution < -0.4 is 5.32 Å². The number of unbranched alkanes of at least 4 members (excludes halogenated alkanes) is 9. The van der Waals surface area contributed by atoms with Crippen LogP contribution in [0.25, 0.3) is 0 Å². The summed E-state index contributed by atoms with van der Waals surface area (Å²) in [6.45, 7) is 3.83. The molecule has 0 bridgehead atoms. The molecule has 0 saturated heterocycles. The van der Waals surface area contributed by atoms with Gasteiger partial charge in [-0.3, -0.25) is 10.1 Å². The van der Waals surface area contributed by atoms with Crippen molar-refractivity contribution in [1.29, 1.82) is 0 Å². The SMILES string of the molecule is CCCCCCCCCCCC[N+](C)(C)CC(=O)Nc1nccs1. The number of aromatic nitrogens is 1. The number of carbonyl (C=O) groups excluding carboxylic acids is 1. The van der Waals surface area contributed by atoms with Gasteiger partial charge in [0.2, 0.25) is 0 Å². The van der Waals surface area contributed by atoms with E-state index in [1.165, 1.54) is 75.5 Å². The molecule has 138 valence electrons. The molecule has 1 amide bonds. The monoisotopic (exact) mass is 354 g/mol. The smallest absolute Gasteiger partial charge is 0.281 e. The summed E-state index contributed by atoms with van der Waals surface area (Å²) in [6.07, 6.45) is 15.2. The van der Waals surface area contributed by atoms with Gasteiger partial charge in [0.05, 0.1) is 20.6 Å². The van der Waals surface area contributed by atoms with E-state index in [-0.39, 0.29) is 5.91 Å². The first kappa shape index (κ1) is 21.1. The largest absolute Gasteiger partial charge is 0.321 e. The minimum atomic E-state index is 0.0574. The van der Waals surface area contributed by atoms with Gasteiger partial charge in [-0.2, -0.15) is 0 Å². The van der Waals surface area contributed by atoms with E-state index in [1.807, 2.05) is 5.38 Å². The zero-order valence-electron chi connectivity index (χ0n) is 15.9. The molecule has 1 aromatic heterocycles. The maximum Gasteiger partial charge on any atom is 0.281 e. The molecule has 0 radical (unpaired) electrons. The molecule has 0 aliphatic carbocycles. The van der Waals surface area contributed by atoms with E-state index >= 15 is 0 Å². The molecule has 1 heterocycles. The van der Waals surface area contributed by atoms with Crippen molar-refractivity contribution in [2.45, 2.75) is 71.1 Å². The zero-order chi connectivity index (χ0) is 17.7. The summed E-state index contributed by atoms with van der Waals surface area (Å²) < 4.78 is 0.744. The number of nitrogens with zero attached hydrogens (tertiary/aromatic N) is 2. The molecule has 0 aromatic carbocycles. The van der Waals surface area contributed by atoms with E-state index in [4.69, 9.17) is 0 Å². The third-order valence-electron chi connectivity index (χ3n) is 4.37. The van der Waals surface area contributed by atoms with Gasteiger partial charge in [0.25, 0.3) is 5.91 Å². The van der Waals surface area contributed by atoms with Gasteiger partial charge in [-0.15, -0.1) is 11.3 Å². The molecular formula is C19H36N3OS+. The minimum absolute atomic E-state index is 0.0574. The van der Waals surface area contributed by atoms with Gasteiger partial charge in [-0.1, -0.05) is 58.3 Å². The van der Waals surface area contributed by atoms with Crippen LogP contribution in [0.1, 0.15) is 71.1 Å². The molecule has 0 aliphatic rings. The van der Waals surface area contributed by atoms with Gasteiger partial charge in [-0.25, -0.2) is 4.98 Å². The summed E-state index contributed by atoms with van der Waals surface area (Å²) >= 11 is 1.46. The van der Waals surface area contributed by atoms with E-state index in [0.29, 0.717) is 11.7 Å². The molecule has 5 heteroatoms. The highest BCUT2D eigenvalue weighted by Gasteiger charge is 2.20. The molecule has 0 aliphatic heterocycles. The Morgan fingerprint density at radius 1 is 1.04 bits per heavy atom. The van der Waals surface area contributed by atoms with E-state index in [1.54, 1.807) is 6.20 Å². The minimum Gasteiger partial charge on any atom is -0.321 e. The quantitative estimate of drug-likeness (QED) is 0.374. The predicted molar refractivity (Wildman–Crippen MR) is 104 cm³/mol. The number of hydrogen-bond donors (Lipinski definition) is 1. The highest BCUT2D eigenvalue weighted by molar-refractivity contribution is 7.13. The Morgan fingerprint density at radius 3 is 2.17 bits per heavy atom. The molecule has 0 fully saturated rings. The standard InChI is InChI=1S/C19H35N3OS/c1-4-5-6-7-8-9-10-11-12-13-15-22(2,3)17-18(23)21-19-20-14-16-24-19/h14,16H,4-13,15,17H2,1-3H3/p+1. The number of likely N-dealkylation sites (N-methyl/N-ethyl adjacent to an activating group) is 1. The van der Waals surface area contributed by atoms with Crippen LogP contribution >= 0.6 is 11.3 Å². The summed E-state index contributed by atoms with van der Waals surface area (Å²) in [6, 6.07) is 0. The maximum absolute atomic E-state index is 12.0. The van der Waals surface area contributed by atoms with Crippen LogP contribution in [-0.4, -0.2) is 42.6 Å². The average Bonchev–Trinajstić information content (AvgIpc) is 3.01. The molecule has 0 unspecified atom stereocenters. The lowest BCUT2D eigenvalue weighted by Crippen LogP contribution is -2.46. The topological polar surface area (TPSA) is 42.0 Å². The van der Waals surface area contributed by atoms with Gasteiger partial charge in [-0.05, 0) is 12.8 Å². The van der Waals surface area contributed by atoms with Crippen molar-refractivity contribution in [3.8, 4) is 0 Å². The number of anilines is 1. The Kier molecular flexibility index (Phi) is 10.9. The lowest BCUT2D eigenvalue weighted by Gasteiger charge is -2.28. The zero-order valence-corrected chi connectivity index (χ0v) is 16.7. The van der Waals surface area contributed by atoms with Crippen LogP contribution in [0.2, 0.25) is 0 Å². The average molecular weight is 355 g/mol. The molecule has 0 atom stereocenters. The molecule has 24 heavy (non-hydrogen) atoms. The Balaban J connectivity index is 2.01. The first-order valence-electron chi connectivity index (χ1n) is 9.55. The summed E-state index contributed by atoms with van der Waals surface area (Å²) in [7, 11) is 4.27. The normalized spacial score (nSPS) is 11.6. The number of carbonyl (C=O) groups is 1. The second-order valence-corrected chi connectivity index (χ2v) is 8.28. The lowest BCUT2D eigenvalue weighted by molar-refractivity contribution is -0.882. The molecule has 0 saturated carbocycles. The van der Waals surface area contributed by atoms with Gasteiger partial charge in [0.15, 0.2) is 11.7 Å². The second-order valence-electron chi connectivity index (χ2n) is 7.38. The fourth-order valence-corrected chi connectivity index (χ4v) is 3.48. The maximum atomic E-state index is 12.0. The van der Waals surface area contributed by atoms with Crippen molar-refractivity contribution < 1.29 is 9.28 Å². The van der Waals surface area contributed by atoms with Gasteiger partial charge in [0.1, 0.15) is 0 Å². The Hall–Kier alpha value is -0.940. The Labute approximate surface area is 152 Å². The van der Waals surface area contributed by atoms with E-state index < -0.39 is 0 Å². The molecule has 1 rings (SSSR count). The van der Waals surface area contributed by atoms with E-state index in [2.05, 4.69) is 31.3 Å². The van der Waals surface area contributed by atoms with Crippen molar-refractivity contribution >= 4 is 22.4 Å². The van der Waals surface area contributed by atoms with Crippen LogP contribution in [0.5, 0.6) is 0 Å². The second kappa shape index (κ2) is 12.4. The summed E-state index contributed by atoms with van der Waals surface area (Å²) in [5, 5.41) is 5.44. The first-order valence-corrected chi connectivity index (χ1v) is 10.4. The van der Waals surface area contributed by atoms with E-state index in [0.717, 1.165) is 11.0 Å². The molecule has 4 nitrogen and oxygen atoms in total. The molecule has 0 spiro atoms. The molecule has 1 N–H and O–H groups in total. The highest BCUT2D eigenvalue weighted by atomic mass is 32.1. The number of amides is 1. The predicted octanol–water partition coefficient (Wildman–Crippen LogP) is 5.08. The fraction of sp³-hybridized carbons (Fsp3) is 0.789. The van der Waals surface area contributed by atoms with E-state index in [9.17, 15) is 4.79 Å². The van der Waals surface area contributed by atoms with Gasteiger partial charge < -0.3 is 4.48 Å². The summed E-state index contributed by atoms with van der Waals surface area (Å²) in [4.78, 5) is 16.1. The third-order valence-corrected chi connectivity index (χ3v) is 5.06.